The zero-order valence-corrected chi connectivity index (χ0v) is 20.6. The summed E-state index contributed by atoms with van der Waals surface area (Å²) in [5.41, 5.74) is 3.40. The summed E-state index contributed by atoms with van der Waals surface area (Å²) in [6.45, 7) is 8.80. The summed E-state index contributed by atoms with van der Waals surface area (Å²) in [4.78, 5) is 13.0. The molecule has 1 aromatic carbocycles. The monoisotopic (exact) mass is 453 g/mol. The maximum Gasteiger partial charge on any atom is 0.162 e. The summed E-state index contributed by atoms with van der Waals surface area (Å²) >= 11 is 0. The Hall–Kier alpha value is -2.05. The van der Waals surface area contributed by atoms with Crippen LogP contribution in [0.5, 0.6) is 0 Å². The number of ketones is 1. The molecule has 1 heterocycles. The second-order valence-corrected chi connectivity index (χ2v) is 10.6. The molecule has 0 unspecified atom stereocenters. The third-order valence-corrected chi connectivity index (χ3v) is 7.06. The lowest BCUT2D eigenvalue weighted by atomic mass is 9.71. The molecule has 180 valence electrons. The summed E-state index contributed by atoms with van der Waals surface area (Å²) in [6, 6.07) is 6.63. The lowest BCUT2D eigenvalue weighted by molar-refractivity contribution is -0.122. The number of benzene rings is 1. The van der Waals surface area contributed by atoms with E-state index in [0.29, 0.717) is 18.4 Å². The van der Waals surface area contributed by atoms with Crippen LogP contribution in [0.15, 0.2) is 18.2 Å². The van der Waals surface area contributed by atoms with Crippen LogP contribution in [0.2, 0.25) is 0 Å². The van der Waals surface area contributed by atoms with Gasteiger partial charge < -0.3 is 14.4 Å². The number of aromatic nitrogens is 3. The van der Waals surface area contributed by atoms with Crippen LogP contribution in [-0.4, -0.2) is 38.9 Å². The third kappa shape index (κ3) is 5.90. The molecular formula is C27H39N3O3. The molecule has 0 saturated heterocycles. The molecule has 33 heavy (non-hydrogen) atoms. The zero-order chi connectivity index (χ0) is 23.5. The Morgan fingerprint density at radius 2 is 1.97 bits per heavy atom. The van der Waals surface area contributed by atoms with E-state index in [1.165, 1.54) is 24.8 Å². The molecule has 2 saturated carbocycles. The van der Waals surface area contributed by atoms with Gasteiger partial charge in [-0.2, -0.15) is 0 Å². The Kier molecular flexibility index (Phi) is 7.65. The van der Waals surface area contributed by atoms with Crippen molar-refractivity contribution in [3.63, 3.8) is 0 Å². The van der Waals surface area contributed by atoms with Crippen LogP contribution < -0.4 is 0 Å². The van der Waals surface area contributed by atoms with Gasteiger partial charge in [0.15, 0.2) is 5.82 Å². The second kappa shape index (κ2) is 10.5. The van der Waals surface area contributed by atoms with E-state index in [1.807, 2.05) is 6.07 Å². The van der Waals surface area contributed by atoms with Crippen LogP contribution >= 0.6 is 0 Å². The predicted molar refractivity (Wildman–Crippen MR) is 128 cm³/mol. The average molecular weight is 454 g/mol. The van der Waals surface area contributed by atoms with Crippen LogP contribution in [0.1, 0.15) is 98.8 Å². The first-order valence-electron chi connectivity index (χ1n) is 12.6. The Morgan fingerprint density at radius 1 is 1.21 bits per heavy atom. The van der Waals surface area contributed by atoms with Gasteiger partial charge in [0.2, 0.25) is 0 Å². The number of hydrogen-bond donors (Lipinski definition) is 1. The van der Waals surface area contributed by atoms with Gasteiger partial charge in [0.05, 0.1) is 13.2 Å². The molecule has 6 nitrogen and oxygen atoms in total. The van der Waals surface area contributed by atoms with Crippen LogP contribution in [0.25, 0.3) is 0 Å². The highest BCUT2D eigenvalue weighted by Gasteiger charge is 2.39. The van der Waals surface area contributed by atoms with Gasteiger partial charge in [-0.1, -0.05) is 37.6 Å². The summed E-state index contributed by atoms with van der Waals surface area (Å²) < 4.78 is 8.26. The molecule has 0 spiro atoms. The molecule has 2 aliphatic rings. The first-order valence-corrected chi connectivity index (χ1v) is 12.6. The van der Waals surface area contributed by atoms with Gasteiger partial charge in [-0.3, -0.25) is 4.79 Å². The second-order valence-electron chi connectivity index (χ2n) is 10.6. The molecule has 2 fully saturated rings. The van der Waals surface area contributed by atoms with E-state index in [9.17, 15) is 9.90 Å². The minimum Gasteiger partial charge on any atom is -0.394 e. The van der Waals surface area contributed by atoms with Gasteiger partial charge in [-0.05, 0) is 68.9 Å². The summed E-state index contributed by atoms with van der Waals surface area (Å²) in [7, 11) is 0. The molecular weight excluding hydrogens is 414 g/mol. The normalized spacial score (nSPS) is 21.3. The first-order chi connectivity index (χ1) is 15.9. The van der Waals surface area contributed by atoms with E-state index in [-0.39, 0.29) is 25.4 Å². The Morgan fingerprint density at radius 3 is 2.61 bits per heavy atom. The lowest BCUT2D eigenvalue weighted by Gasteiger charge is -2.36. The molecule has 4 rings (SSSR count). The van der Waals surface area contributed by atoms with Crippen molar-refractivity contribution < 1.29 is 14.6 Å². The van der Waals surface area contributed by atoms with Gasteiger partial charge in [0.25, 0.3) is 0 Å². The molecule has 0 amide bonds. The summed E-state index contributed by atoms with van der Waals surface area (Å²) in [5.74, 6) is 3.93. The van der Waals surface area contributed by atoms with E-state index in [2.05, 4.69) is 54.6 Å². The maximum atomic E-state index is 13.0. The van der Waals surface area contributed by atoms with Crippen molar-refractivity contribution in [3.05, 3.63) is 46.5 Å². The number of nitrogens with zero attached hydrogens (tertiary/aromatic N) is 3. The van der Waals surface area contributed by atoms with Crippen molar-refractivity contribution in [1.29, 1.82) is 0 Å². The number of carbonyl (C=O) groups excluding carboxylic acids is 1. The molecule has 2 aromatic rings. The molecule has 0 bridgehead atoms. The van der Waals surface area contributed by atoms with E-state index >= 15 is 0 Å². The van der Waals surface area contributed by atoms with Crippen molar-refractivity contribution in [2.75, 3.05) is 13.2 Å². The quantitative estimate of drug-likeness (QED) is 0.488. The van der Waals surface area contributed by atoms with E-state index in [0.717, 1.165) is 47.5 Å². The highest BCUT2D eigenvalue weighted by atomic mass is 16.5. The van der Waals surface area contributed by atoms with Gasteiger partial charge >= 0.3 is 0 Å². The van der Waals surface area contributed by atoms with E-state index in [1.54, 1.807) is 0 Å². The summed E-state index contributed by atoms with van der Waals surface area (Å²) in [5, 5.41) is 18.6. The fourth-order valence-electron chi connectivity index (χ4n) is 5.28. The predicted octanol–water partition coefficient (Wildman–Crippen LogP) is 5.02. The largest absolute Gasteiger partial charge is 0.394 e. The summed E-state index contributed by atoms with van der Waals surface area (Å²) in [6.07, 6.45) is 6.05. The van der Waals surface area contributed by atoms with Gasteiger partial charge in [-0.15, -0.1) is 10.2 Å². The number of ether oxygens (including phenoxy) is 1. The van der Waals surface area contributed by atoms with Crippen LogP contribution in [0, 0.1) is 25.7 Å². The fourth-order valence-corrected chi connectivity index (χ4v) is 5.28. The third-order valence-electron chi connectivity index (χ3n) is 7.06. The fraction of sp³-hybridized carbons (Fsp3) is 0.667. The van der Waals surface area contributed by atoms with Crippen molar-refractivity contribution in [2.24, 2.45) is 11.8 Å². The Balaban J connectivity index is 1.50. The van der Waals surface area contributed by atoms with Crippen molar-refractivity contribution in [1.82, 2.24) is 14.8 Å². The number of carbonyl (C=O) groups is 1. The van der Waals surface area contributed by atoms with Gasteiger partial charge in [-0.25, -0.2) is 0 Å². The highest BCUT2D eigenvalue weighted by molar-refractivity contribution is 5.81. The minimum atomic E-state index is -0.469. The van der Waals surface area contributed by atoms with E-state index < -0.39 is 6.10 Å². The van der Waals surface area contributed by atoms with Crippen molar-refractivity contribution in [2.45, 2.75) is 90.7 Å². The van der Waals surface area contributed by atoms with Crippen molar-refractivity contribution in [3.8, 4) is 0 Å². The standard InChI is InChI=1S/C27H39N3O3/c1-17(2)11-20-13-22(14-20)26-28-29-27(30(26)23-7-8-23)25(33-10-9-31)16-24(32)15-21-6-5-18(3)12-19(21)4/h5-6,12,17,20,22-23,25,31H,7-11,13-16H2,1-4H3/t20?,22?,25-/m0/s1. The molecule has 0 aliphatic heterocycles. The van der Waals surface area contributed by atoms with Crippen LogP contribution in [0.4, 0.5) is 0 Å². The topological polar surface area (TPSA) is 77.2 Å². The number of aliphatic hydroxyl groups excluding tert-OH is 1. The molecule has 0 radical (unpaired) electrons. The number of hydrogen-bond acceptors (Lipinski definition) is 5. The van der Waals surface area contributed by atoms with E-state index in [4.69, 9.17) is 4.74 Å². The Bertz CT molecular complexity index is 958. The first kappa shape index (κ1) is 24.1. The number of aryl methyl sites for hydroxylation is 2. The van der Waals surface area contributed by atoms with Crippen molar-refractivity contribution >= 4 is 5.78 Å². The molecule has 1 N–H and O–H groups in total. The average Bonchev–Trinajstić information content (AvgIpc) is 3.48. The molecule has 1 aromatic heterocycles. The number of aliphatic hydroxyl groups is 1. The molecule has 2 aliphatic carbocycles. The lowest BCUT2D eigenvalue weighted by Crippen LogP contribution is -2.26. The minimum absolute atomic E-state index is 0.0777. The Labute approximate surface area is 197 Å². The van der Waals surface area contributed by atoms with Crippen LogP contribution in [0.3, 0.4) is 0 Å². The number of rotatable bonds is 12. The van der Waals surface area contributed by atoms with Gasteiger partial charge in [0.1, 0.15) is 17.7 Å². The van der Waals surface area contributed by atoms with Gasteiger partial charge in [0, 0.05) is 24.8 Å². The van der Waals surface area contributed by atoms with Crippen LogP contribution in [-0.2, 0) is 16.0 Å². The highest BCUT2D eigenvalue weighted by Crippen LogP contribution is 2.47. The SMILES string of the molecule is Cc1ccc(CC(=O)C[C@H](OCCO)c2nnc(C3CC(CC(C)C)C3)n2C2CC2)c(C)c1. The molecule has 1 atom stereocenters. The maximum absolute atomic E-state index is 13.0. The zero-order valence-electron chi connectivity index (χ0n) is 20.6. The smallest absolute Gasteiger partial charge is 0.162 e. The molecule has 6 heteroatoms. The number of Topliss-reactive ketones (excluding diaryl/α,β-unsaturated/α-hetero) is 1.